The van der Waals surface area contributed by atoms with Gasteiger partial charge in [-0.1, -0.05) is 0 Å². The largest absolute Gasteiger partial charge is 0.496 e. The minimum Gasteiger partial charge on any atom is -0.496 e. The molecule has 0 aliphatic rings. The number of methoxy groups -OCH3 is 1. The molecule has 1 amide bonds. The van der Waals surface area contributed by atoms with Crippen LogP contribution >= 0.6 is 0 Å². The van der Waals surface area contributed by atoms with Crippen molar-refractivity contribution in [3.8, 4) is 5.75 Å². The van der Waals surface area contributed by atoms with Crippen LogP contribution in [0.1, 0.15) is 16.7 Å². The Hall–Kier alpha value is -1.59. The lowest BCUT2D eigenvalue weighted by atomic mass is 10.1. The number of hydrazine groups is 1. The van der Waals surface area contributed by atoms with Crippen LogP contribution in [-0.4, -0.2) is 26.7 Å². The minimum atomic E-state index is -0.208. The first-order valence-electron chi connectivity index (χ1n) is 5.76. The number of rotatable bonds is 6. The molecule has 0 saturated carbocycles. The standard InChI is InChI=1S/C13H20N2O3/c1-9-5-11(12(17-4)6-10(9)2)7-18-8-13(16)15-14-3/h5-6,14H,7-8H2,1-4H3,(H,15,16). The summed E-state index contributed by atoms with van der Waals surface area (Å²) in [6.45, 7) is 4.42. The highest BCUT2D eigenvalue weighted by Gasteiger charge is 2.07. The van der Waals surface area contributed by atoms with Gasteiger partial charge in [0.2, 0.25) is 0 Å². The van der Waals surface area contributed by atoms with Gasteiger partial charge in [0.05, 0.1) is 13.7 Å². The van der Waals surface area contributed by atoms with Crippen molar-refractivity contribution in [2.24, 2.45) is 0 Å². The first-order chi connectivity index (χ1) is 8.58. The minimum absolute atomic E-state index is 0.0108. The number of ether oxygens (including phenoxy) is 2. The van der Waals surface area contributed by atoms with Gasteiger partial charge in [0.25, 0.3) is 5.91 Å². The Morgan fingerprint density at radius 1 is 1.28 bits per heavy atom. The van der Waals surface area contributed by atoms with Crippen LogP contribution < -0.4 is 15.6 Å². The van der Waals surface area contributed by atoms with E-state index in [1.807, 2.05) is 26.0 Å². The zero-order chi connectivity index (χ0) is 13.5. The smallest absolute Gasteiger partial charge is 0.260 e. The van der Waals surface area contributed by atoms with Crippen molar-refractivity contribution >= 4 is 5.91 Å². The molecule has 5 nitrogen and oxygen atoms in total. The summed E-state index contributed by atoms with van der Waals surface area (Å²) in [6, 6.07) is 3.99. The fourth-order valence-corrected chi connectivity index (χ4v) is 1.58. The van der Waals surface area contributed by atoms with Crippen LogP contribution in [0, 0.1) is 13.8 Å². The molecule has 0 saturated heterocycles. The Labute approximate surface area is 107 Å². The van der Waals surface area contributed by atoms with Crippen molar-refractivity contribution in [2.45, 2.75) is 20.5 Å². The maximum atomic E-state index is 11.2. The lowest BCUT2D eigenvalue weighted by Crippen LogP contribution is -2.36. The lowest BCUT2D eigenvalue weighted by molar-refractivity contribution is -0.126. The van der Waals surface area contributed by atoms with Gasteiger partial charge in [0, 0.05) is 12.6 Å². The number of hydrogen-bond acceptors (Lipinski definition) is 4. The maximum absolute atomic E-state index is 11.2. The molecule has 18 heavy (non-hydrogen) atoms. The van der Waals surface area contributed by atoms with Crippen LogP contribution in [0.25, 0.3) is 0 Å². The van der Waals surface area contributed by atoms with E-state index < -0.39 is 0 Å². The van der Waals surface area contributed by atoms with E-state index in [0.717, 1.165) is 11.3 Å². The van der Waals surface area contributed by atoms with Crippen molar-refractivity contribution in [2.75, 3.05) is 20.8 Å². The molecule has 2 N–H and O–H groups in total. The highest BCUT2D eigenvalue weighted by atomic mass is 16.5. The predicted octanol–water partition coefficient (Wildman–Crippen LogP) is 1.08. The summed E-state index contributed by atoms with van der Waals surface area (Å²) in [4.78, 5) is 11.2. The topological polar surface area (TPSA) is 59.6 Å². The van der Waals surface area contributed by atoms with E-state index in [-0.39, 0.29) is 12.5 Å². The summed E-state index contributed by atoms with van der Waals surface area (Å²) in [5, 5.41) is 0. The molecule has 0 aliphatic heterocycles. The molecule has 1 aromatic carbocycles. The molecule has 0 heterocycles. The zero-order valence-electron chi connectivity index (χ0n) is 11.3. The summed E-state index contributed by atoms with van der Waals surface area (Å²) >= 11 is 0. The summed E-state index contributed by atoms with van der Waals surface area (Å²) in [7, 11) is 3.26. The summed E-state index contributed by atoms with van der Waals surface area (Å²) in [5.74, 6) is 0.576. The van der Waals surface area contributed by atoms with Gasteiger partial charge in [-0.2, -0.15) is 0 Å². The van der Waals surface area contributed by atoms with Crippen molar-refractivity contribution < 1.29 is 14.3 Å². The Balaban J connectivity index is 2.61. The number of amides is 1. The first kappa shape index (κ1) is 14.5. The predicted molar refractivity (Wildman–Crippen MR) is 69.3 cm³/mol. The van der Waals surface area contributed by atoms with Crippen molar-refractivity contribution in [1.82, 2.24) is 10.9 Å². The molecule has 100 valence electrons. The molecule has 1 rings (SSSR count). The summed E-state index contributed by atoms with van der Waals surface area (Å²) < 4.78 is 10.6. The van der Waals surface area contributed by atoms with Crippen LogP contribution in [0.3, 0.4) is 0 Å². The maximum Gasteiger partial charge on any atom is 0.260 e. The SMILES string of the molecule is CNNC(=O)COCc1cc(C)c(C)cc1OC. The second kappa shape index (κ2) is 6.98. The van der Waals surface area contributed by atoms with E-state index in [9.17, 15) is 4.79 Å². The number of benzene rings is 1. The van der Waals surface area contributed by atoms with Gasteiger partial charge in [-0.15, -0.1) is 0 Å². The molecular formula is C13H20N2O3. The Bertz CT molecular complexity index is 419. The molecule has 0 radical (unpaired) electrons. The van der Waals surface area contributed by atoms with E-state index in [1.165, 1.54) is 11.1 Å². The van der Waals surface area contributed by atoms with Crippen LogP contribution in [0.4, 0.5) is 0 Å². The van der Waals surface area contributed by atoms with Crippen LogP contribution in [-0.2, 0) is 16.1 Å². The Morgan fingerprint density at radius 3 is 2.56 bits per heavy atom. The number of hydrogen-bond donors (Lipinski definition) is 2. The van der Waals surface area contributed by atoms with Gasteiger partial charge >= 0.3 is 0 Å². The third-order valence-corrected chi connectivity index (χ3v) is 2.65. The zero-order valence-corrected chi connectivity index (χ0v) is 11.3. The number of carbonyl (C=O) groups is 1. The van der Waals surface area contributed by atoms with Crippen LogP contribution in [0.5, 0.6) is 5.75 Å². The number of carbonyl (C=O) groups excluding carboxylic acids is 1. The summed E-state index contributed by atoms with van der Waals surface area (Å²) in [6.07, 6.45) is 0. The van der Waals surface area contributed by atoms with E-state index in [4.69, 9.17) is 9.47 Å². The average Bonchev–Trinajstić information content (AvgIpc) is 2.33. The Kier molecular flexibility index (Phi) is 5.61. The van der Waals surface area contributed by atoms with Gasteiger partial charge in [-0.25, -0.2) is 5.43 Å². The average molecular weight is 252 g/mol. The van der Waals surface area contributed by atoms with E-state index in [0.29, 0.717) is 6.61 Å². The second-order valence-corrected chi connectivity index (χ2v) is 4.04. The molecule has 0 fully saturated rings. The van der Waals surface area contributed by atoms with Crippen molar-refractivity contribution in [1.29, 1.82) is 0 Å². The second-order valence-electron chi connectivity index (χ2n) is 4.04. The van der Waals surface area contributed by atoms with Gasteiger partial charge in [0.1, 0.15) is 12.4 Å². The molecule has 5 heteroatoms. The molecule has 0 unspecified atom stereocenters. The lowest BCUT2D eigenvalue weighted by Gasteiger charge is -2.12. The molecular weight excluding hydrogens is 232 g/mol. The fraction of sp³-hybridized carbons (Fsp3) is 0.462. The number of nitrogens with one attached hydrogen (secondary N) is 2. The van der Waals surface area contributed by atoms with Gasteiger partial charge in [-0.05, 0) is 37.1 Å². The van der Waals surface area contributed by atoms with Gasteiger partial charge < -0.3 is 9.47 Å². The van der Waals surface area contributed by atoms with E-state index in [2.05, 4.69) is 10.9 Å². The van der Waals surface area contributed by atoms with E-state index in [1.54, 1.807) is 14.2 Å². The molecule has 0 aromatic heterocycles. The van der Waals surface area contributed by atoms with Crippen molar-refractivity contribution in [3.05, 3.63) is 28.8 Å². The van der Waals surface area contributed by atoms with Crippen molar-refractivity contribution in [3.63, 3.8) is 0 Å². The highest BCUT2D eigenvalue weighted by molar-refractivity contribution is 5.76. The quantitative estimate of drug-likeness (QED) is 0.744. The Morgan fingerprint density at radius 2 is 1.94 bits per heavy atom. The third-order valence-electron chi connectivity index (χ3n) is 2.65. The monoisotopic (exact) mass is 252 g/mol. The molecule has 0 atom stereocenters. The normalized spacial score (nSPS) is 10.2. The van der Waals surface area contributed by atoms with Gasteiger partial charge in [-0.3, -0.25) is 10.2 Å². The third kappa shape index (κ3) is 4.01. The first-order valence-corrected chi connectivity index (χ1v) is 5.76. The van der Waals surface area contributed by atoms with Gasteiger partial charge in [0.15, 0.2) is 0 Å². The highest BCUT2D eigenvalue weighted by Crippen LogP contribution is 2.23. The van der Waals surface area contributed by atoms with E-state index >= 15 is 0 Å². The molecule has 0 aliphatic carbocycles. The molecule has 0 spiro atoms. The molecule has 1 aromatic rings. The molecule has 0 bridgehead atoms. The fourth-order valence-electron chi connectivity index (χ4n) is 1.58. The summed E-state index contributed by atoms with van der Waals surface area (Å²) in [5.41, 5.74) is 8.27. The van der Waals surface area contributed by atoms with Crippen LogP contribution in [0.2, 0.25) is 0 Å². The number of aryl methyl sites for hydroxylation is 2. The van der Waals surface area contributed by atoms with Crippen LogP contribution in [0.15, 0.2) is 12.1 Å².